The third-order valence-corrected chi connectivity index (χ3v) is 2.76. The molecule has 0 saturated carbocycles. The van der Waals surface area contributed by atoms with E-state index in [-0.39, 0.29) is 0 Å². The van der Waals surface area contributed by atoms with Gasteiger partial charge in [0.15, 0.2) is 0 Å². The molecule has 0 saturated heterocycles. The predicted molar refractivity (Wildman–Crippen MR) is 46.7 cm³/mol. The summed E-state index contributed by atoms with van der Waals surface area (Å²) in [6.45, 7) is 7.06. The van der Waals surface area contributed by atoms with Crippen LogP contribution in [0.3, 0.4) is 0 Å². The van der Waals surface area contributed by atoms with Crippen molar-refractivity contribution in [1.82, 2.24) is 4.57 Å². The molecule has 0 aromatic rings. The van der Waals surface area contributed by atoms with Crippen LogP contribution in [-0.2, 0) is 0 Å². The third kappa shape index (κ3) is 6.06. The molecule has 0 aromatic carbocycles. The molecule has 0 heterocycles. The minimum Gasteiger partial charge on any atom is -0.332 e. The summed E-state index contributed by atoms with van der Waals surface area (Å²) in [6.07, 6.45) is 4.14. The second kappa shape index (κ2) is 6.30. The Morgan fingerprint density at radius 3 is 2.33 bits per heavy atom. The highest BCUT2D eigenvalue weighted by molar-refractivity contribution is 6.04. The van der Waals surface area contributed by atoms with E-state index in [0.717, 1.165) is 0 Å². The van der Waals surface area contributed by atoms with Gasteiger partial charge in [0.1, 0.15) is 0 Å². The van der Waals surface area contributed by atoms with Crippen molar-refractivity contribution >= 4 is 10.4 Å². The fourth-order valence-electron chi connectivity index (χ4n) is 0.790. The maximum atomic E-state index is 2.50. The molecule has 0 atom stereocenters. The smallest absolute Gasteiger partial charge is 0.0784 e. The van der Waals surface area contributed by atoms with Gasteiger partial charge in [0, 0.05) is 0 Å². The van der Waals surface area contributed by atoms with E-state index in [1.807, 2.05) is 0 Å². The summed E-state index contributed by atoms with van der Waals surface area (Å²) < 4.78 is 2.50. The maximum Gasteiger partial charge on any atom is 0.0784 e. The first kappa shape index (κ1) is 9.18. The lowest BCUT2D eigenvalue weighted by Gasteiger charge is -2.12. The second-order valence-electron chi connectivity index (χ2n) is 2.60. The van der Waals surface area contributed by atoms with Crippen LogP contribution >= 0.6 is 0 Å². The van der Waals surface area contributed by atoms with Crippen molar-refractivity contribution in [3.63, 3.8) is 0 Å². The zero-order chi connectivity index (χ0) is 7.11. The molecule has 0 radical (unpaired) electrons. The highest BCUT2D eigenvalue weighted by Gasteiger charge is 1.90. The van der Waals surface area contributed by atoms with Gasteiger partial charge in [0.2, 0.25) is 0 Å². The minimum atomic E-state index is 1.24. The van der Waals surface area contributed by atoms with Gasteiger partial charge in [0.25, 0.3) is 0 Å². The molecular formula is C7H19NSi. The van der Waals surface area contributed by atoms with Crippen molar-refractivity contribution < 1.29 is 0 Å². The van der Waals surface area contributed by atoms with Crippen LogP contribution in [0, 0.1) is 0 Å². The first-order valence-electron chi connectivity index (χ1n) is 3.99. The van der Waals surface area contributed by atoms with Crippen LogP contribution in [0.5, 0.6) is 0 Å². The fraction of sp³-hybridized carbons (Fsp3) is 1.00. The monoisotopic (exact) mass is 145 g/mol. The van der Waals surface area contributed by atoms with Gasteiger partial charge in [-0.1, -0.05) is 26.7 Å². The topological polar surface area (TPSA) is 3.24 Å². The summed E-state index contributed by atoms with van der Waals surface area (Å²) in [5.41, 5.74) is 0. The molecule has 0 aromatic heterocycles. The van der Waals surface area contributed by atoms with E-state index in [2.05, 4.69) is 18.4 Å². The Morgan fingerprint density at radius 2 is 1.89 bits per heavy atom. The van der Waals surface area contributed by atoms with Crippen LogP contribution in [0.4, 0.5) is 0 Å². The third-order valence-electron chi connectivity index (χ3n) is 1.68. The number of unbranched alkanes of at least 4 members (excludes halogenated alkanes) is 2. The average molecular weight is 145 g/mol. The van der Waals surface area contributed by atoms with Crippen molar-refractivity contribution in [3.05, 3.63) is 0 Å². The van der Waals surface area contributed by atoms with E-state index in [0.29, 0.717) is 0 Å². The molecule has 0 bridgehead atoms. The Morgan fingerprint density at radius 1 is 1.22 bits per heavy atom. The van der Waals surface area contributed by atoms with Crippen LogP contribution in [0.15, 0.2) is 0 Å². The van der Waals surface area contributed by atoms with E-state index in [4.69, 9.17) is 0 Å². The number of rotatable bonds is 5. The summed E-state index contributed by atoms with van der Waals surface area (Å²) in [5.74, 6) is 0. The quantitative estimate of drug-likeness (QED) is 0.408. The fourth-order valence-corrected chi connectivity index (χ4v) is 1.11. The SMILES string of the molecule is CCCCCN([SiH3])CC. The summed E-state index contributed by atoms with van der Waals surface area (Å²) >= 11 is 0. The number of nitrogens with zero attached hydrogens (tertiary/aromatic N) is 1. The molecule has 0 amide bonds. The molecule has 9 heavy (non-hydrogen) atoms. The van der Waals surface area contributed by atoms with Crippen LogP contribution in [0.25, 0.3) is 0 Å². The highest BCUT2D eigenvalue weighted by atomic mass is 28.2. The second-order valence-corrected chi connectivity index (χ2v) is 3.87. The average Bonchev–Trinajstić information content (AvgIpc) is 1.89. The van der Waals surface area contributed by atoms with Gasteiger partial charge in [-0.3, -0.25) is 0 Å². The van der Waals surface area contributed by atoms with Gasteiger partial charge in [-0.25, -0.2) is 0 Å². The molecule has 0 aliphatic rings. The van der Waals surface area contributed by atoms with Crippen molar-refractivity contribution in [2.75, 3.05) is 13.1 Å². The molecule has 2 heteroatoms. The molecule has 0 unspecified atom stereocenters. The van der Waals surface area contributed by atoms with Crippen molar-refractivity contribution in [1.29, 1.82) is 0 Å². The predicted octanol–water partition coefficient (Wildman–Crippen LogP) is 0.779. The van der Waals surface area contributed by atoms with Gasteiger partial charge in [0.05, 0.1) is 10.4 Å². The van der Waals surface area contributed by atoms with E-state index < -0.39 is 0 Å². The highest BCUT2D eigenvalue weighted by Crippen LogP contribution is 1.94. The molecule has 0 N–H and O–H groups in total. The Kier molecular flexibility index (Phi) is 6.42. The Bertz CT molecular complexity index is 56.9. The zero-order valence-electron chi connectivity index (χ0n) is 6.98. The van der Waals surface area contributed by atoms with Crippen molar-refractivity contribution in [2.45, 2.75) is 33.1 Å². The Hall–Kier alpha value is 0.177. The van der Waals surface area contributed by atoms with Gasteiger partial charge >= 0.3 is 0 Å². The van der Waals surface area contributed by atoms with Gasteiger partial charge < -0.3 is 4.57 Å². The zero-order valence-corrected chi connectivity index (χ0v) is 8.98. The molecule has 0 rings (SSSR count). The van der Waals surface area contributed by atoms with E-state index in [1.54, 1.807) is 0 Å². The van der Waals surface area contributed by atoms with Crippen LogP contribution in [0.1, 0.15) is 33.1 Å². The first-order valence-corrected chi connectivity index (χ1v) is 4.89. The van der Waals surface area contributed by atoms with Crippen molar-refractivity contribution in [2.24, 2.45) is 0 Å². The molecular weight excluding hydrogens is 126 g/mol. The largest absolute Gasteiger partial charge is 0.332 e. The van der Waals surface area contributed by atoms with E-state index in [1.165, 1.54) is 42.8 Å². The minimum absolute atomic E-state index is 1.24. The van der Waals surface area contributed by atoms with Gasteiger partial charge in [-0.2, -0.15) is 0 Å². The molecule has 56 valence electrons. The molecule has 1 nitrogen and oxygen atoms in total. The summed E-state index contributed by atoms with van der Waals surface area (Å²) in [4.78, 5) is 0. The lowest BCUT2D eigenvalue weighted by molar-refractivity contribution is 0.455. The van der Waals surface area contributed by atoms with Gasteiger partial charge in [-0.15, -0.1) is 0 Å². The van der Waals surface area contributed by atoms with Crippen LogP contribution in [0.2, 0.25) is 0 Å². The molecule has 0 aliphatic carbocycles. The van der Waals surface area contributed by atoms with Crippen molar-refractivity contribution in [3.8, 4) is 0 Å². The number of hydrogen-bond acceptors (Lipinski definition) is 1. The van der Waals surface area contributed by atoms with Gasteiger partial charge in [-0.05, 0) is 19.5 Å². The lowest BCUT2D eigenvalue weighted by atomic mass is 10.2. The first-order chi connectivity index (χ1) is 4.31. The summed E-state index contributed by atoms with van der Waals surface area (Å²) in [7, 11) is 1.24. The lowest BCUT2D eigenvalue weighted by Crippen LogP contribution is -2.20. The normalized spacial score (nSPS) is 11.0. The standard InChI is InChI=1S/C7H19NSi/c1-3-5-6-7-8(9)4-2/h3-7H2,1-2,9H3. The summed E-state index contributed by atoms with van der Waals surface area (Å²) in [5, 5.41) is 0. The Labute approximate surface area is 61.9 Å². The molecule has 0 aliphatic heterocycles. The molecule has 0 spiro atoms. The van der Waals surface area contributed by atoms with E-state index in [9.17, 15) is 0 Å². The molecule has 0 fully saturated rings. The maximum absolute atomic E-state index is 2.50. The van der Waals surface area contributed by atoms with Crippen LogP contribution < -0.4 is 0 Å². The Balaban J connectivity index is 2.88. The summed E-state index contributed by atoms with van der Waals surface area (Å²) in [6, 6.07) is 0. The van der Waals surface area contributed by atoms with E-state index >= 15 is 0 Å². The van der Waals surface area contributed by atoms with Crippen LogP contribution in [-0.4, -0.2) is 28.1 Å². The number of hydrogen-bond donors (Lipinski definition) is 0.